The van der Waals surface area contributed by atoms with Crippen LogP contribution in [0.15, 0.2) is 18.2 Å². The number of nitrogens with zero attached hydrogens (tertiary/aromatic N) is 2. The largest absolute Gasteiger partial charge is 0.391 e. The molecule has 1 aromatic carbocycles. The number of amides is 1. The maximum atomic E-state index is 11.1. The molecular weight excluding hydrogens is 262 g/mol. The number of rotatable bonds is 4. The lowest BCUT2D eigenvalue weighted by Gasteiger charge is -2.32. The van der Waals surface area contributed by atoms with Crippen LogP contribution in [-0.4, -0.2) is 29.0 Å². The highest BCUT2D eigenvalue weighted by molar-refractivity contribution is 5.77. The quantitative estimate of drug-likeness (QED) is 0.625. The Balaban J connectivity index is 2.14. The summed E-state index contributed by atoms with van der Waals surface area (Å²) in [5.74, 6) is -0.369. The van der Waals surface area contributed by atoms with Crippen LogP contribution in [0.3, 0.4) is 0 Å². The van der Waals surface area contributed by atoms with Crippen LogP contribution in [0.2, 0.25) is 0 Å². The number of piperidine rings is 1. The standard InChI is InChI=1S/C13H17N3O4/c14-13(18)9-3-5-15(6-4-9)11-1-2-12(16(19)20)10(7-11)8-17/h1-2,7,9,17H,3-6,8H2,(H2,14,18). The van der Waals surface area contributed by atoms with Crippen LogP contribution in [0, 0.1) is 16.0 Å². The zero-order valence-electron chi connectivity index (χ0n) is 11.0. The molecule has 7 heteroatoms. The van der Waals surface area contributed by atoms with Crippen molar-refractivity contribution in [3.8, 4) is 0 Å². The minimum atomic E-state index is -0.505. The average Bonchev–Trinajstić information content (AvgIpc) is 2.46. The second-order valence-corrected chi connectivity index (χ2v) is 4.89. The van der Waals surface area contributed by atoms with Gasteiger partial charge in [-0.1, -0.05) is 0 Å². The molecule has 0 saturated carbocycles. The molecule has 1 heterocycles. The lowest BCUT2D eigenvalue weighted by Crippen LogP contribution is -2.38. The Morgan fingerprint density at radius 2 is 2.10 bits per heavy atom. The Kier molecular flexibility index (Phi) is 4.19. The number of aliphatic hydroxyl groups is 1. The molecular formula is C13H17N3O4. The molecule has 1 saturated heterocycles. The van der Waals surface area contributed by atoms with Crippen LogP contribution in [0.25, 0.3) is 0 Å². The van der Waals surface area contributed by atoms with Gasteiger partial charge in [0, 0.05) is 30.8 Å². The van der Waals surface area contributed by atoms with Gasteiger partial charge in [-0.25, -0.2) is 0 Å². The Hall–Kier alpha value is -2.15. The van der Waals surface area contributed by atoms with Gasteiger partial charge in [0.05, 0.1) is 17.1 Å². The molecule has 0 aliphatic carbocycles. The fraction of sp³-hybridized carbons (Fsp3) is 0.462. The minimum absolute atomic E-state index is 0.0803. The molecule has 0 radical (unpaired) electrons. The van der Waals surface area contributed by atoms with Gasteiger partial charge in [0.1, 0.15) is 0 Å². The van der Waals surface area contributed by atoms with Crippen molar-refractivity contribution < 1.29 is 14.8 Å². The Morgan fingerprint density at radius 1 is 1.45 bits per heavy atom. The van der Waals surface area contributed by atoms with Crippen LogP contribution in [0.5, 0.6) is 0 Å². The van der Waals surface area contributed by atoms with Crippen molar-refractivity contribution >= 4 is 17.3 Å². The Morgan fingerprint density at radius 3 is 2.60 bits per heavy atom. The van der Waals surface area contributed by atoms with Gasteiger partial charge in [0.15, 0.2) is 0 Å². The number of benzene rings is 1. The van der Waals surface area contributed by atoms with Crippen molar-refractivity contribution in [3.63, 3.8) is 0 Å². The van der Waals surface area contributed by atoms with E-state index in [1.807, 2.05) is 4.90 Å². The summed E-state index contributed by atoms with van der Waals surface area (Å²) >= 11 is 0. The van der Waals surface area contributed by atoms with E-state index in [1.165, 1.54) is 6.07 Å². The molecule has 0 unspecified atom stereocenters. The van der Waals surface area contributed by atoms with Crippen LogP contribution in [0.1, 0.15) is 18.4 Å². The summed E-state index contributed by atoms with van der Waals surface area (Å²) in [6, 6.07) is 4.70. The number of carbonyl (C=O) groups is 1. The summed E-state index contributed by atoms with van der Waals surface area (Å²) in [6.45, 7) is 0.981. The van der Waals surface area contributed by atoms with Crippen molar-refractivity contribution in [3.05, 3.63) is 33.9 Å². The lowest BCUT2D eigenvalue weighted by atomic mass is 9.96. The fourth-order valence-electron chi connectivity index (χ4n) is 2.50. The molecule has 0 aromatic heterocycles. The smallest absolute Gasteiger partial charge is 0.275 e. The highest BCUT2D eigenvalue weighted by atomic mass is 16.6. The maximum absolute atomic E-state index is 11.1. The van der Waals surface area contributed by atoms with Crippen LogP contribution in [0.4, 0.5) is 11.4 Å². The van der Waals surface area contributed by atoms with Crippen molar-refractivity contribution in [1.29, 1.82) is 0 Å². The number of nitrogens with two attached hydrogens (primary N) is 1. The van der Waals surface area contributed by atoms with E-state index < -0.39 is 4.92 Å². The predicted octanol–water partition coefficient (Wildman–Crippen LogP) is 0.789. The van der Waals surface area contributed by atoms with Crippen molar-refractivity contribution in [2.24, 2.45) is 11.7 Å². The molecule has 0 atom stereocenters. The van der Waals surface area contributed by atoms with E-state index >= 15 is 0 Å². The van der Waals surface area contributed by atoms with Gasteiger partial charge < -0.3 is 15.7 Å². The minimum Gasteiger partial charge on any atom is -0.391 e. The number of aliphatic hydroxyl groups excluding tert-OH is 1. The third kappa shape index (κ3) is 2.88. The van der Waals surface area contributed by atoms with Gasteiger partial charge in [-0.05, 0) is 25.0 Å². The van der Waals surface area contributed by atoms with E-state index in [1.54, 1.807) is 12.1 Å². The van der Waals surface area contributed by atoms with E-state index in [2.05, 4.69) is 0 Å². The first-order valence-corrected chi connectivity index (χ1v) is 6.45. The number of anilines is 1. The predicted molar refractivity (Wildman–Crippen MR) is 73.2 cm³/mol. The maximum Gasteiger partial charge on any atom is 0.275 e. The zero-order chi connectivity index (χ0) is 14.7. The third-order valence-electron chi connectivity index (χ3n) is 3.69. The molecule has 1 aliphatic heterocycles. The first-order valence-electron chi connectivity index (χ1n) is 6.45. The van der Waals surface area contributed by atoms with Gasteiger partial charge >= 0.3 is 0 Å². The summed E-state index contributed by atoms with van der Waals surface area (Å²) < 4.78 is 0. The van der Waals surface area contributed by atoms with Gasteiger partial charge in [0.25, 0.3) is 5.69 Å². The van der Waals surface area contributed by atoms with Crippen molar-refractivity contribution in [1.82, 2.24) is 0 Å². The number of hydrogen-bond acceptors (Lipinski definition) is 5. The zero-order valence-corrected chi connectivity index (χ0v) is 11.0. The third-order valence-corrected chi connectivity index (χ3v) is 3.69. The summed E-state index contributed by atoms with van der Waals surface area (Å²) in [6.07, 6.45) is 1.36. The SMILES string of the molecule is NC(=O)C1CCN(c2ccc([N+](=O)[O-])c(CO)c2)CC1. The molecule has 0 spiro atoms. The van der Waals surface area contributed by atoms with Crippen LogP contribution in [-0.2, 0) is 11.4 Å². The molecule has 2 rings (SSSR count). The molecule has 20 heavy (non-hydrogen) atoms. The molecule has 7 nitrogen and oxygen atoms in total. The topological polar surface area (TPSA) is 110 Å². The van der Waals surface area contributed by atoms with E-state index in [0.29, 0.717) is 31.5 Å². The number of carbonyl (C=O) groups excluding carboxylic acids is 1. The van der Waals surface area contributed by atoms with E-state index in [-0.39, 0.29) is 24.1 Å². The number of nitro groups is 1. The molecule has 1 aliphatic rings. The molecule has 108 valence electrons. The molecule has 1 aromatic rings. The highest BCUT2D eigenvalue weighted by Crippen LogP contribution is 2.28. The molecule has 3 N–H and O–H groups in total. The number of hydrogen-bond donors (Lipinski definition) is 2. The van der Waals surface area contributed by atoms with Gasteiger partial charge in [-0.15, -0.1) is 0 Å². The number of primary amides is 1. The van der Waals surface area contributed by atoms with Gasteiger partial charge in [-0.2, -0.15) is 0 Å². The highest BCUT2D eigenvalue weighted by Gasteiger charge is 2.24. The van der Waals surface area contributed by atoms with E-state index in [0.717, 1.165) is 5.69 Å². The summed E-state index contributed by atoms with van der Waals surface area (Å²) in [7, 11) is 0. The summed E-state index contributed by atoms with van der Waals surface area (Å²) in [4.78, 5) is 23.5. The Labute approximate surface area is 116 Å². The second-order valence-electron chi connectivity index (χ2n) is 4.89. The summed E-state index contributed by atoms with van der Waals surface area (Å²) in [5.41, 5.74) is 6.32. The lowest BCUT2D eigenvalue weighted by molar-refractivity contribution is -0.385. The first kappa shape index (κ1) is 14.3. The first-order chi connectivity index (χ1) is 9.52. The van der Waals surface area contributed by atoms with E-state index in [4.69, 9.17) is 5.73 Å². The number of nitro benzene ring substituents is 1. The molecule has 1 amide bonds. The van der Waals surface area contributed by atoms with Gasteiger partial charge in [0.2, 0.25) is 5.91 Å². The van der Waals surface area contributed by atoms with Crippen molar-refractivity contribution in [2.75, 3.05) is 18.0 Å². The normalized spacial score (nSPS) is 16.1. The monoisotopic (exact) mass is 279 g/mol. The van der Waals surface area contributed by atoms with Crippen molar-refractivity contribution in [2.45, 2.75) is 19.4 Å². The molecule has 0 bridgehead atoms. The average molecular weight is 279 g/mol. The van der Waals surface area contributed by atoms with Crippen LogP contribution < -0.4 is 10.6 Å². The second kappa shape index (κ2) is 5.87. The fourth-order valence-corrected chi connectivity index (χ4v) is 2.50. The summed E-state index contributed by atoms with van der Waals surface area (Å²) in [5, 5.41) is 20.0. The van der Waals surface area contributed by atoms with Gasteiger partial charge in [-0.3, -0.25) is 14.9 Å². The molecule has 1 fully saturated rings. The Bertz CT molecular complexity index is 524. The van der Waals surface area contributed by atoms with Crippen LogP contribution >= 0.6 is 0 Å². The van der Waals surface area contributed by atoms with E-state index in [9.17, 15) is 20.0 Å².